The van der Waals surface area contributed by atoms with Gasteiger partial charge in [0.2, 0.25) is 11.4 Å². The molecule has 10 nitrogen and oxygen atoms in total. The van der Waals surface area contributed by atoms with E-state index in [4.69, 9.17) is 10.5 Å². The highest BCUT2D eigenvalue weighted by molar-refractivity contribution is 6.05. The van der Waals surface area contributed by atoms with Crippen LogP contribution >= 0.6 is 0 Å². The summed E-state index contributed by atoms with van der Waals surface area (Å²) in [6.45, 7) is 0.0399. The van der Waals surface area contributed by atoms with Gasteiger partial charge < -0.3 is 25.6 Å². The highest BCUT2D eigenvalue weighted by Gasteiger charge is 2.60. The highest BCUT2D eigenvalue weighted by Crippen LogP contribution is 2.44. The van der Waals surface area contributed by atoms with Crippen LogP contribution in [0.4, 0.5) is 5.82 Å². The number of aliphatic hydroxyl groups is 2. The summed E-state index contributed by atoms with van der Waals surface area (Å²) in [5, 5.41) is 26.3. The Morgan fingerprint density at radius 3 is 2.89 bits per heavy atom. The fraction of sp³-hybridized carbons (Fsp3) is 0.389. The fourth-order valence-electron chi connectivity index (χ4n) is 4.14. The first kappa shape index (κ1) is 17.5. The quantitative estimate of drug-likeness (QED) is 0.419. The van der Waals surface area contributed by atoms with Crippen LogP contribution in [0.1, 0.15) is 22.3 Å². The van der Waals surface area contributed by atoms with E-state index in [0.29, 0.717) is 17.9 Å². The second kappa shape index (κ2) is 5.93. The van der Waals surface area contributed by atoms with E-state index in [0.717, 1.165) is 0 Å². The van der Waals surface area contributed by atoms with Gasteiger partial charge in [0.15, 0.2) is 6.23 Å². The maximum absolute atomic E-state index is 13.1. The molecule has 4 heterocycles. The molecule has 146 valence electrons. The van der Waals surface area contributed by atoms with Crippen LogP contribution in [-0.4, -0.2) is 62.8 Å². The summed E-state index contributed by atoms with van der Waals surface area (Å²) in [5.41, 5.74) is 4.36. The number of aromatic nitrogens is 2. The SMILES string of the molecule is NC1(C(=O)c2ccccc2)N=CNc2c1ncn2[C@@H]1O[C@]2(CO)CN[C@H]1[C@H]2O. The Balaban J connectivity index is 1.53. The van der Waals surface area contributed by atoms with Crippen molar-refractivity contribution in [1.29, 1.82) is 0 Å². The van der Waals surface area contributed by atoms with Crippen LogP contribution in [0.5, 0.6) is 0 Å². The number of aliphatic imine (C=N–C) groups is 1. The normalized spacial score (nSPS) is 35.6. The molecule has 5 rings (SSSR count). The first-order valence-corrected chi connectivity index (χ1v) is 8.96. The van der Waals surface area contributed by atoms with Gasteiger partial charge in [-0.05, 0) is 0 Å². The van der Waals surface area contributed by atoms with E-state index in [9.17, 15) is 15.0 Å². The second-order valence-corrected chi connectivity index (χ2v) is 7.30. The number of hydrogen-bond acceptors (Lipinski definition) is 9. The number of anilines is 1. The molecule has 28 heavy (non-hydrogen) atoms. The van der Waals surface area contributed by atoms with Crippen molar-refractivity contribution < 1.29 is 19.7 Å². The zero-order valence-electron chi connectivity index (χ0n) is 14.8. The number of nitrogens with one attached hydrogen (secondary N) is 2. The molecule has 0 spiro atoms. The van der Waals surface area contributed by atoms with Gasteiger partial charge in [-0.1, -0.05) is 30.3 Å². The molecule has 3 aliphatic rings. The minimum Gasteiger partial charge on any atom is -0.393 e. The summed E-state index contributed by atoms with van der Waals surface area (Å²) in [5.74, 6) is 0.0811. The first-order chi connectivity index (χ1) is 13.5. The number of nitrogens with zero attached hydrogens (tertiary/aromatic N) is 3. The molecule has 10 heteroatoms. The Labute approximate surface area is 160 Å². The van der Waals surface area contributed by atoms with E-state index >= 15 is 0 Å². The third kappa shape index (κ3) is 2.17. The molecule has 5 atom stereocenters. The number of hydrogen-bond donors (Lipinski definition) is 5. The number of carbonyl (C=O) groups excluding carboxylic acids is 1. The average Bonchev–Trinajstić information content (AvgIpc) is 3.38. The molecule has 3 aliphatic heterocycles. The lowest BCUT2D eigenvalue weighted by atomic mass is 9.95. The van der Waals surface area contributed by atoms with Crippen LogP contribution in [0.3, 0.4) is 0 Å². The molecule has 1 aromatic carbocycles. The van der Waals surface area contributed by atoms with Crippen molar-refractivity contribution in [1.82, 2.24) is 14.9 Å². The van der Waals surface area contributed by atoms with Gasteiger partial charge >= 0.3 is 0 Å². The molecule has 0 saturated carbocycles. The van der Waals surface area contributed by atoms with Crippen LogP contribution in [0.25, 0.3) is 0 Å². The summed E-state index contributed by atoms with van der Waals surface area (Å²) >= 11 is 0. The molecule has 0 amide bonds. The molecule has 0 radical (unpaired) electrons. The standard InChI is InChI=1S/C18H20N6O4/c19-18(13(26)10-4-2-1-3-5-10)12-15(21-8-23-18)24(9-22-12)16-11-14(27)17(7-25,28-16)6-20-11/h1-5,8-9,11,14,16,20,25,27H,6-7,19H2,(H,21,23)/t11-,14+,16+,17-,18?/m0/s1. The zero-order valence-corrected chi connectivity index (χ0v) is 14.8. The van der Waals surface area contributed by atoms with Crippen molar-refractivity contribution in [3.63, 3.8) is 0 Å². The molecular formula is C18H20N6O4. The van der Waals surface area contributed by atoms with Crippen molar-refractivity contribution in [2.75, 3.05) is 18.5 Å². The van der Waals surface area contributed by atoms with Crippen LogP contribution < -0.4 is 16.4 Å². The first-order valence-electron chi connectivity index (χ1n) is 8.96. The number of aliphatic hydroxyl groups excluding tert-OH is 2. The minimum absolute atomic E-state index is 0.266. The van der Waals surface area contributed by atoms with E-state index in [-0.39, 0.29) is 18.1 Å². The lowest BCUT2D eigenvalue weighted by molar-refractivity contribution is -0.130. The van der Waals surface area contributed by atoms with Gasteiger partial charge in [0.1, 0.15) is 23.2 Å². The molecule has 2 saturated heterocycles. The van der Waals surface area contributed by atoms with Crippen molar-refractivity contribution in [2.24, 2.45) is 10.7 Å². The number of carbonyl (C=O) groups is 1. The third-order valence-electron chi connectivity index (χ3n) is 5.73. The van der Waals surface area contributed by atoms with Crippen molar-refractivity contribution in [3.8, 4) is 0 Å². The van der Waals surface area contributed by atoms with E-state index in [1.165, 1.54) is 12.7 Å². The minimum atomic E-state index is -1.68. The topological polar surface area (TPSA) is 147 Å². The highest BCUT2D eigenvalue weighted by atomic mass is 16.6. The number of benzene rings is 1. The summed E-state index contributed by atoms with van der Waals surface area (Å²) in [4.78, 5) is 21.6. The molecular weight excluding hydrogens is 364 g/mol. The van der Waals surface area contributed by atoms with Crippen LogP contribution in [0.15, 0.2) is 41.7 Å². The number of Topliss-reactive ketones (excluding diaryl/α,β-unsaturated/α-hetero) is 1. The van der Waals surface area contributed by atoms with Gasteiger partial charge in [-0.25, -0.2) is 9.98 Å². The Morgan fingerprint density at radius 2 is 2.18 bits per heavy atom. The van der Waals surface area contributed by atoms with Gasteiger partial charge in [0.05, 0.1) is 25.3 Å². The molecule has 2 fully saturated rings. The number of fused-ring (bicyclic) bond motifs is 3. The molecule has 6 N–H and O–H groups in total. The number of rotatable bonds is 4. The number of nitrogens with two attached hydrogens (primary N) is 1. The summed E-state index contributed by atoms with van der Waals surface area (Å²) < 4.78 is 7.65. The third-order valence-corrected chi connectivity index (χ3v) is 5.73. The molecule has 1 aromatic heterocycles. The summed E-state index contributed by atoms with van der Waals surface area (Å²) in [6, 6.07) is 8.25. The smallest absolute Gasteiger partial charge is 0.219 e. The molecule has 1 unspecified atom stereocenters. The van der Waals surface area contributed by atoms with E-state index in [2.05, 4.69) is 20.6 Å². The monoisotopic (exact) mass is 384 g/mol. The lowest BCUT2D eigenvalue weighted by Crippen LogP contribution is -2.47. The van der Waals surface area contributed by atoms with E-state index < -0.39 is 29.6 Å². The fourth-order valence-corrected chi connectivity index (χ4v) is 4.14. The van der Waals surface area contributed by atoms with Crippen molar-refractivity contribution >= 4 is 17.9 Å². The van der Waals surface area contributed by atoms with Crippen LogP contribution in [0.2, 0.25) is 0 Å². The number of ketones is 1. The van der Waals surface area contributed by atoms with Gasteiger partial charge in [0.25, 0.3) is 0 Å². The zero-order chi connectivity index (χ0) is 19.5. The lowest BCUT2D eigenvalue weighted by Gasteiger charge is -2.32. The van der Waals surface area contributed by atoms with Crippen molar-refractivity contribution in [2.45, 2.75) is 29.6 Å². The Kier molecular flexibility index (Phi) is 3.70. The van der Waals surface area contributed by atoms with E-state index in [1.807, 2.05) is 6.07 Å². The summed E-state index contributed by atoms with van der Waals surface area (Å²) in [6.07, 6.45) is 1.37. The molecule has 0 aliphatic carbocycles. The molecule has 2 aromatic rings. The predicted molar refractivity (Wildman–Crippen MR) is 98.7 cm³/mol. The van der Waals surface area contributed by atoms with Crippen LogP contribution in [0, 0.1) is 0 Å². The van der Waals surface area contributed by atoms with Gasteiger partial charge in [-0.15, -0.1) is 0 Å². The average molecular weight is 384 g/mol. The second-order valence-electron chi connectivity index (χ2n) is 7.30. The van der Waals surface area contributed by atoms with E-state index in [1.54, 1.807) is 28.8 Å². The Bertz CT molecular complexity index is 962. The van der Waals surface area contributed by atoms with Gasteiger partial charge in [-0.3, -0.25) is 15.1 Å². The van der Waals surface area contributed by atoms with Gasteiger partial charge in [0, 0.05) is 12.1 Å². The Morgan fingerprint density at radius 1 is 1.39 bits per heavy atom. The maximum Gasteiger partial charge on any atom is 0.219 e. The number of imidazole rings is 1. The number of ether oxygens (including phenoxy) is 1. The Hall–Kier alpha value is -2.63. The number of morpholine rings is 1. The summed E-state index contributed by atoms with van der Waals surface area (Å²) in [7, 11) is 0. The van der Waals surface area contributed by atoms with Gasteiger partial charge in [-0.2, -0.15) is 0 Å². The van der Waals surface area contributed by atoms with Crippen LogP contribution in [-0.2, 0) is 10.4 Å². The van der Waals surface area contributed by atoms with Crippen molar-refractivity contribution in [3.05, 3.63) is 47.9 Å². The largest absolute Gasteiger partial charge is 0.393 e. The predicted octanol–water partition coefficient (Wildman–Crippen LogP) is -1.08. The maximum atomic E-state index is 13.1. The molecule has 2 bridgehead atoms.